The van der Waals surface area contributed by atoms with Crippen LogP contribution in [-0.4, -0.2) is 36.3 Å². The number of hydrogen-bond donors (Lipinski definition) is 2. The first-order valence-electron chi connectivity index (χ1n) is 5.57. The van der Waals surface area contributed by atoms with Crippen LogP contribution in [-0.2, 0) is 20.2 Å². The molecule has 0 aliphatic carbocycles. The average Bonchev–Trinajstić information content (AvgIpc) is 2.34. The second kappa shape index (κ2) is 5.19. The first kappa shape index (κ1) is 15.6. The molecule has 9 heteroatoms. The summed E-state index contributed by atoms with van der Waals surface area (Å²) in [4.78, 5) is 12.2. The monoisotopic (exact) mass is 330 g/mol. The summed E-state index contributed by atoms with van der Waals surface area (Å²) in [6.07, 6.45) is 0. The van der Waals surface area contributed by atoms with Crippen molar-refractivity contribution in [2.24, 2.45) is 0 Å². The highest BCUT2D eigenvalue weighted by atomic mass is 32.3. The molecular weight excluding hydrogens is 320 g/mol. The van der Waals surface area contributed by atoms with E-state index < -0.39 is 30.6 Å². The molecule has 0 bridgehead atoms. The fourth-order valence-electron chi connectivity index (χ4n) is 1.99. The predicted octanol–water partition coefficient (Wildman–Crippen LogP) is 1.12. The van der Waals surface area contributed by atoms with E-state index in [2.05, 4.69) is 0 Å². The molecule has 0 aliphatic rings. The summed E-state index contributed by atoms with van der Waals surface area (Å²) in [5, 5.41) is 0.884. The summed E-state index contributed by atoms with van der Waals surface area (Å²) < 4.78 is 59.4. The van der Waals surface area contributed by atoms with Gasteiger partial charge < -0.3 is 0 Å². The first-order valence-corrected chi connectivity index (χ1v) is 8.57. The van der Waals surface area contributed by atoms with Crippen molar-refractivity contribution in [3.8, 4) is 0 Å². The second-order valence-corrected chi connectivity index (χ2v) is 7.55. The van der Waals surface area contributed by atoms with Gasteiger partial charge in [-0.1, -0.05) is 42.5 Å². The van der Waals surface area contributed by atoms with Gasteiger partial charge in [-0.3, -0.25) is 13.9 Å². The maximum absolute atomic E-state index is 12.2. The lowest BCUT2D eigenvalue weighted by Crippen LogP contribution is -2.37. The maximum atomic E-state index is 12.2. The van der Waals surface area contributed by atoms with Crippen LogP contribution < -0.4 is 0 Å². The Morgan fingerprint density at radius 3 is 1.95 bits per heavy atom. The van der Waals surface area contributed by atoms with Crippen LogP contribution in [0.25, 0.3) is 10.8 Å². The Morgan fingerprint density at radius 1 is 0.857 bits per heavy atom. The number of fused-ring (bicyclic) bond motifs is 1. The Balaban J connectivity index is 2.72. The van der Waals surface area contributed by atoms with Gasteiger partial charge >= 0.3 is 0 Å². The van der Waals surface area contributed by atoms with Gasteiger partial charge in [0.25, 0.3) is 24.8 Å². The Labute approximate surface area is 120 Å². The van der Waals surface area contributed by atoms with Crippen molar-refractivity contribution in [2.45, 2.75) is 4.58 Å². The third-order valence-corrected chi connectivity index (χ3v) is 5.78. The van der Waals surface area contributed by atoms with Gasteiger partial charge in [0.15, 0.2) is 0 Å². The van der Waals surface area contributed by atoms with E-state index >= 15 is 0 Å². The van der Waals surface area contributed by atoms with Gasteiger partial charge in [-0.25, -0.2) is 0 Å². The molecule has 2 aromatic carbocycles. The van der Waals surface area contributed by atoms with Gasteiger partial charge in [0, 0.05) is 5.56 Å². The summed E-state index contributed by atoms with van der Waals surface area (Å²) >= 11 is 0. The molecule has 2 aromatic rings. The van der Waals surface area contributed by atoms with Crippen LogP contribution in [0.4, 0.5) is 0 Å². The maximum Gasteiger partial charge on any atom is 0.292 e. The number of hydrogen-bond acceptors (Lipinski definition) is 5. The minimum atomic E-state index is -5.33. The van der Waals surface area contributed by atoms with Crippen LogP contribution >= 0.6 is 0 Å². The van der Waals surface area contributed by atoms with E-state index in [4.69, 9.17) is 9.11 Å². The van der Waals surface area contributed by atoms with E-state index in [9.17, 15) is 21.6 Å². The van der Waals surface area contributed by atoms with Crippen molar-refractivity contribution >= 4 is 36.8 Å². The standard InChI is InChI=1S/C12H10O7S2/c13-11(12(20(14,15)16)21(17,18)19)10-7-3-5-8-4-1-2-6-9(8)10/h1-7,12H,(H,14,15,16)(H,17,18,19). The quantitative estimate of drug-likeness (QED) is 0.635. The van der Waals surface area contributed by atoms with Crippen LogP contribution in [0.5, 0.6) is 0 Å². The number of benzene rings is 2. The van der Waals surface area contributed by atoms with Crippen LogP contribution in [0.15, 0.2) is 42.5 Å². The SMILES string of the molecule is O=C(c1cccc2ccccc12)C(S(=O)(=O)O)S(=O)(=O)O. The lowest BCUT2D eigenvalue weighted by molar-refractivity contribution is 0.100. The van der Waals surface area contributed by atoms with Gasteiger partial charge in [-0.05, 0) is 10.8 Å². The molecule has 2 N–H and O–H groups in total. The van der Waals surface area contributed by atoms with Crippen molar-refractivity contribution in [3.63, 3.8) is 0 Å². The zero-order valence-electron chi connectivity index (χ0n) is 10.4. The summed E-state index contributed by atoms with van der Waals surface area (Å²) in [5.41, 5.74) is -0.228. The fourth-order valence-corrected chi connectivity index (χ4v) is 4.02. The normalized spacial score (nSPS) is 12.7. The van der Waals surface area contributed by atoms with Crippen LogP contribution in [0.1, 0.15) is 10.4 Å². The fraction of sp³-hybridized carbons (Fsp3) is 0.0833. The number of carbonyl (C=O) groups is 1. The van der Waals surface area contributed by atoms with Gasteiger partial charge in [0.1, 0.15) is 0 Å². The molecule has 112 valence electrons. The highest BCUT2D eigenvalue weighted by Crippen LogP contribution is 2.23. The van der Waals surface area contributed by atoms with E-state index in [1.54, 1.807) is 24.3 Å². The van der Waals surface area contributed by atoms with Crippen molar-refractivity contribution in [1.82, 2.24) is 0 Å². The molecule has 0 heterocycles. The highest BCUT2D eigenvalue weighted by molar-refractivity contribution is 8.05. The average molecular weight is 330 g/mol. The Hall–Kier alpha value is -1.81. The minimum absolute atomic E-state index is 0.228. The minimum Gasteiger partial charge on any atom is -0.291 e. The predicted molar refractivity (Wildman–Crippen MR) is 75.2 cm³/mol. The van der Waals surface area contributed by atoms with Gasteiger partial charge in [0.2, 0.25) is 5.78 Å². The third kappa shape index (κ3) is 3.10. The van der Waals surface area contributed by atoms with E-state index in [0.717, 1.165) is 0 Å². The van der Waals surface area contributed by atoms with Crippen LogP contribution in [0.3, 0.4) is 0 Å². The number of carbonyl (C=O) groups excluding carboxylic acids is 1. The lowest BCUT2D eigenvalue weighted by atomic mass is 10.0. The second-order valence-electron chi connectivity index (χ2n) is 4.25. The number of rotatable bonds is 4. The molecule has 0 spiro atoms. The van der Waals surface area contributed by atoms with Crippen LogP contribution in [0.2, 0.25) is 0 Å². The van der Waals surface area contributed by atoms with E-state index in [-0.39, 0.29) is 5.56 Å². The molecule has 7 nitrogen and oxygen atoms in total. The molecule has 0 aromatic heterocycles. The van der Waals surface area contributed by atoms with E-state index in [0.29, 0.717) is 10.8 Å². The van der Waals surface area contributed by atoms with Gasteiger partial charge in [-0.2, -0.15) is 16.8 Å². The summed E-state index contributed by atoms with van der Waals surface area (Å²) in [6, 6.07) is 10.7. The molecule has 0 amide bonds. The van der Waals surface area contributed by atoms with Crippen LogP contribution in [0, 0.1) is 0 Å². The molecule has 21 heavy (non-hydrogen) atoms. The van der Waals surface area contributed by atoms with Crippen molar-refractivity contribution in [1.29, 1.82) is 0 Å². The molecule has 2 rings (SSSR count). The summed E-state index contributed by atoms with van der Waals surface area (Å²) in [7, 11) is -10.7. The third-order valence-electron chi connectivity index (χ3n) is 2.81. The van der Waals surface area contributed by atoms with E-state index in [1.807, 2.05) is 0 Å². The van der Waals surface area contributed by atoms with E-state index in [1.165, 1.54) is 18.2 Å². The largest absolute Gasteiger partial charge is 0.292 e. The molecule has 0 unspecified atom stereocenters. The van der Waals surface area contributed by atoms with Gasteiger partial charge in [0.05, 0.1) is 0 Å². The highest BCUT2D eigenvalue weighted by Gasteiger charge is 2.43. The van der Waals surface area contributed by atoms with Gasteiger partial charge in [-0.15, -0.1) is 0 Å². The molecule has 0 fully saturated rings. The topological polar surface area (TPSA) is 126 Å². The zero-order chi connectivity index (χ0) is 15.8. The van der Waals surface area contributed by atoms with Crippen molar-refractivity contribution in [3.05, 3.63) is 48.0 Å². The Bertz CT molecular complexity index is 876. The van der Waals surface area contributed by atoms with Crippen molar-refractivity contribution < 1.29 is 30.7 Å². The summed E-state index contributed by atoms with van der Waals surface area (Å²) in [5.74, 6) is -1.42. The molecule has 0 saturated carbocycles. The molecule has 0 saturated heterocycles. The molecular formula is C12H10O7S2. The smallest absolute Gasteiger partial charge is 0.291 e. The lowest BCUT2D eigenvalue weighted by Gasteiger charge is -2.11. The molecule has 0 aliphatic heterocycles. The molecule has 0 radical (unpaired) electrons. The first-order chi connectivity index (χ1) is 9.62. The van der Waals surface area contributed by atoms with Crippen molar-refractivity contribution in [2.75, 3.05) is 0 Å². The summed E-state index contributed by atoms with van der Waals surface area (Å²) in [6.45, 7) is 0. The Morgan fingerprint density at radius 2 is 1.38 bits per heavy atom. The number of Topliss-reactive ketones (excluding diaryl/α,β-unsaturated/α-hetero) is 1. The number of ketones is 1. The Kier molecular flexibility index (Phi) is 3.85. The molecule has 0 atom stereocenters. The zero-order valence-corrected chi connectivity index (χ0v) is 12.0.